The molecule has 1 N–H and O–H groups in total. The zero-order valence-electron chi connectivity index (χ0n) is 18.9. The van der Waals surface area contributed by atoms with Crippen molar-refractivity contribution in [3.63, 3.8) is 0 Å². The maximum Gasteiger partial charge on any atom is 0.341 e. The highest BCUT2D eigenvalue weighted by molar-refractivity contribution is 6.04. The predicted octanol–water partition coefficient (Wildman–Crippen LogP) is 3.33. The van der Waals surface area contributed by atoms with Gasteiger partial charge in [-0.1, -0.05) is 0 Å². The van der Waals surface area contributed by atoms with Crippen molar-refractivity contribution in [2.24, 2.45) is 4.99 Å². The van der Waals surface area contributed by atoms with E-state index in [0.717, 1.165) is 0 Å². The third-order valence-electron chi connectivity index (χ3n) is 4.42. The normalized spacial score (nSPS) is 11.6. The highest BCUT2D eigenvalue weighted by atomic mass is 16.5. The second kappa shape index (κ2) is 11.1. The van der Waals surface area contributed by atoms with Gasteiger partial charge >= 0.3 is 5.97 Å². The summed E-state index contributed by atoms with van der Waals surface area (Å²) >= 11 is 0. The van der Waals surface area contributed by atoms with Gasteiger partial charge in [0.2, 0.25) is 6.08 Å². The minimum absolute atomic E-state index is 0.284. The molecule has 0 aliphatic heterocycles. The Bertz CT molecular complexity index is 1030. The third kappa shape index (κ3) is 7.59. The lowest BCUT2D eigenvalue weighted by atomic mass is 10.0. The first-order chi connectivity index (χ1) is 15.5. The Labute approximate surface area is 191 Å². The fraction of sp³-hybridized carbons (Fsp3) is 0.333. The summed E-state index contributed by atoms with van der Waals surface area (Å²) in [5.74, 6) is -1.12. The molecule has 1 amide bonds. The van der Waals surface area contributed by atoms with E-state index < -0.39 is 30.1 Å². The second-order valence-electron chi connectivity index (χ2n) is 8.15. The summed E-state index contributed by atoms with van der Waals surface area (Å²) in [4.78, 5) is 52.0. The molecule has 2 aromatic rings. The lowest BCUT2D eigenvalue weighted by Crippen LogP contribution is -2.43. The Balaban J connectivity index is 2.20. The van der Waals surface area contributed by atoms with Crippen LogP contribution < -0.4 is 9.47 Å². The van der Waals surface area contributed by atoms with Crippen LogP contribution in [0.5, 0.6) is 11.5 Å². The van der Waals surface area contributed by atoms with Gasteiger partial charge in [-0.25, -0.2) is 9.59 Å². The number of rotatable bonds is 10. The van der Waals surface area contributed by atoms with Crippen LogP contribution in [0.25, 0.3) is 0 Å². The number of carbonyl (C=O) groups is 3. The van der Waals surface area contributed by atoms with Gasteiger partial charge in [-0.15, -0.1) is 0 Å². The fourth-order valence-electron chi connectivity index (χ4n) is 2.90. The van der Waals surface area contributed by atoms with Gasteiger partial charge in [-0.3, -0.25) is 9.59 Å². The first-order valence-corrected chi connectivity index (χ1v) is 10.1. The first kappa shape index (κ1) is 25.3. The van der Waals surface area contributed by atoms with E-state index in [0.29, 0.717) is 11.3 Å². The van der Waals surface area contributed by atoms with Crippen molar-refractivity contribution in [2.75, 3.05) is 13.3 Å². The number of carboxylic acid groups (broad SMARTS) is 1. The smallest absolute Gasteiger partial charge is 0.341 e. The molecule has 0 fully saturated rings. The zero-order chi connectivity index (χ0) is 24.6. The number of nitrogens with zero attached hydrogens (tertiary/aromatic N) is 2. The molecule has 2 aromatic carbocycles. The van der Waals surface area contributed by atoms with Crippen LogP contribution >= 0.6 is 0 Å². The highest BCUT2D eigenvalue weighted by Crippen LogP contribution is 2.21. The molecule has 33 heavy (non-hydrogen) atoms. The lowest BCUT2D eigenvalue weighted by Gasteiger charge is -2.26. The molecule has 0 aliphatic rings. The summed E-state index contributed by atoms with van der Waals surface area (Å²) in [5, 5.41) is 8.67. The molecule has 0 spiro atoms. The molecule has 0 aliphatic carbocycles. The van der Waals surface area contributed by atoms with Gasteiger partial charge in [0.05, 0.1) is 6.04 Å². The number of aliphatic carboxylic acids is 1. The van der Waals surface area contributed by atoms with Crippen LogP contribution in [0, 0.1) is 0 Å². The van der Waals surface area contributed by atoms with Crippen LogP contribution in [0.2, 0.25) is 0 Å². The van der Waals surface area contributed by atoms with Gasteiger partial charge in [0, 0.05) is 11.1 Å². The van der Waals surface area contributed by atoms with Crippen molar-refractivity contribution in [3.8, 4) is 11.5 Å². The molecule has 0 radical (unpaired) electrons. The Morgan fingerprint density at radius 2 is 1.55 bits per heavy atom. The first-order valence-electron chi connectivity index (χ1n) is 10.1. The summed E-state index contributed by atoms with van der Waals surface area (Å²) < 4.78 is 10.8. The molecule has 0 aromatic heterocycles. The van der Waals surface area contributed by atoms with Gasteiger partial charge in [-0.05, 0) is 76.2 Å². The SMILES string of the molecule is C[C@@H](C(=O)c1ccc(OCC(=O)O)cc1)N(CN=C=O)C(=O)c1ccc(OC(C)(C)C)cc1. The van der Waals surface area contributed by atoms with E-state index in [2.05, 4.69) is 4.99 Å². The van der Waals surface area contributed by atoms with Crippen molar-refractivity contribution in [2.45, 2.75) is 39.3 Å². The monoisotopic (exact) mass is 454 g/mol. The minimum atomic E-state index is -1.12. The average molecular weight is 454 g/mol. The van der Waals surface area contributed by atoms with E-state index >= 15 is 0 Å². The van der Waals surface area contributed by atoms with Crippen molar-refractivity contribution in [1.29, 1.82) is 0 Å². The number of amides is 1. The van der Waals surface area contributed by atoms with E-state index in [1.165, 1.54) is 42.2 Å². The molecule has 2 rings (SSSR count). The minimum Gasteiger partial charge on any atom is -0.488 e. The number of hydrogen-bond donors (Lipinski definition) is 1. The molecule has 174 valence electrons. The molecule has 0 unspecified atom stereocenters. The largest absolute Gasteiger partial charge is 0.488 e. The molecular formula is C24H26N2O7. The summed E-state index contributed by atoms with van der Waals surface area (Å²) in [5.41, 5.74) is 0.187. The fourth-order valence-corrected chi connectivity index (χ4v) is 2.90. The number of benzene rings is 2. The number of Topliss-reactive ketones (excluding diaryl/α,β-unsaturated/α-hetero) is 1. The molecule has 1 atom stereocenters. The summed E-state index contributed by atoms with van der Waals surface area (Å²) in [6, 6.07) is 11.4. The number of carboxylic acids is 1. The van der Waals surface area contributed by atoms with Crippen LogP contribution in [0.15, 0.2) is 53.5 Å². The molecule has 0 bridgehead atoms. The van der Waals surface area contributed by atoms with Crippen molar-refractivity contribution in [1.82, 2.24) is 4.90 Å². The van der Waals surface area contributed by atoms with Gasteiger partial charge < -0.3 is 19.5 Å². The molecule has 0 saturated heterocycles. The highest BCUT2D eigenvalue weighted by Gasteiger charge is 2.27. The molecule has 9 heteroatoms. The van der Waals surface area contributed by atoms with Gasteiger partial charge in [0.15, 0.2) is 12.4 Å². The average Bonchev–Trinajstić information content (AvgIpc) is 2.77. The number of aliphatic imine (C=N–C) groups is 1. The molecule has 0 heterocycles. The summed E-state index contributed by atoms with van der Waals surface area (Å²) in [6.07, 6.45) is 1.39. The number of carbonyl (C=O) groups excluding carboxylic acids is 3. The number of ketones is 1. The molecular weight excluding hydrogens is 428 g/mol. The van der Waals surface area contributed by atoms with Crippen LogP contribution in [-0.2, 0) is 9.59 Å². The quantitative estimate of drug-likeness (QED) is 0.332. The van der Waals surface area contributed by atoms with Crippen LogP contribution in [0.3, 0.4) is 0 Å². The predicted molar refractivity (Wildman–Crippen MR) is 119 cm³/mol. The van der Waals surface area contributed by atoms with E-state index in [4.69, 9.17) is 14.6 Å². The Kier molecular flexibility index (Phi) is 8.48. The maximum atomic E-state index is 13.1. The Morgan fingerprint density at radius 3 is 2.06 bits per heavy atom. The van der Waals surface area contributed by atoms with Crippen LogP contribution in [-0.4, -0.2) is 58.7 Å². The van der Waals surface area contributed by atoms with E-state index in [1.807, 2.05) is 20.8 Å². The number of isocyanates is 1. The van der Waals surface area contributed by atoms with Gasteiger partial charge in [-0.2, -0.15) is 4.99 Å². The number of ether oxygens (including phenoxy) is 2. The van der Waals surface area contributed by atoms with Crippen molar-refractivity contribution >= 4 is 23.7 Å². The van der Waals surface area contributed by atoms with E-state index in [-0.39, 0.29) is 23.8 Å². The topological polar surface area (TPSA) is 123 Å². The lowest BCUT2D eigenvalue weighted by molar-refractivity contribution is -0.139. The van der Waals surface area contributed by atoms with Crippen LogP contribution in [0.1, 0.15) is 48.4 Å². The van der Waals surface area contributed by atoms with Gasteiger partial charge in [0.1, 0.15) is 23.8 Å². The summed E-state index contributed by atoms with van der Waals surface area (Å²) in [7, 11) is 0. The molecule has 9 nitrogen and oxygen atoms in total. The van der Waals surface area contributed by atoms with Crippen molar-refractivity contribution in [3.05, 3.63) is 59.7 Å². The van der Waals surface area contributed by atoms with Crippen molar-refractivity contribution < 1.29 is 33.8 Å². The van der Waals surface area contributed by atoms with Crippen LogP contribution in [0.4, 0.5) is 0 Å². The standard InChI is InChI=1S/C24H26N2O7/c1-16(22(30)17-5-9-19(10-6-17)32-13-21(28)29)26(14-25-15-27)23(31)18-7-11-20(12-8-18)33-24(2,3)4/h5-12,16H,13-14H2,1-4H3,(H,28,29)/t16-/m0/s1. The second-order valence-corrected chi connectivity index (χ2v) is 8.15. The third-order valence-corrected chi connectivity index (χ3v) is 4.42. The molecule has 0 saturated carbocycles. The van der Waals surface area contributed by atoms with Gasteiger partial charge in [0.25, 0.3) is 5.91 Å². The zero-order valence-corrected chi connectivity index (χ0v) is 18.9. The summed E-state index contributed by atoms with van der Waals surface area (Å²) in [6.45, 7) is 6.41. The van der Waals surface area contributed by atoms with E-state index in [1.54, 1.807) is 24.3 Å². The Hall–Kier alpha value is -3.97. The Morgan fingerprint density at radius 1 is 1.00 bits per heavy atom. The number of hydrogen-bond acceptors (Lipinski definition) is 7. The maximum absolute atomic E-state index is 13.1. The van der Waals surface area contributed by atoms with E-state index in [9.17, 15) is 19.2 Å².